The van der Waals surface area contributed by atoms with Gasteiger partial charge in [0.2, 0.25) is 0 Å². The number of aromatic nitrogens is 3. The van der Waals surface area contributed by atoms with Crippen molar-refractivity contribution in [3.63, 3.8) is 0 Å². The number of esters is 1. The number of hydrogen-bond acceptors (Lipinski definition) is 9. The smallest absolute Gasteiger partial charge is 0.416 e. The van der Waals surface area contributed by atoms with Crippen LogP contribution < -0.4 is 9.64 Å². The van der Waals surface area contributed by atoms with E-state index in [9.17, 15) is 9.59 Å². The third-order valence-electron chi connectivity index (χ3n) is 4.65. The number of carbonyl (C=O) groups is 2. The fourth-order valence-electron chi connectivity index (χ4n) is 3.08. The highest BCUT2D eigenvalue weighted by atomic mass is 32.1. The molecule has 0 radical (unpaired) electrons. The Bertz CT molecular complexity index is 1250. The normalized spacial score (nSPS) is 10.6. The van der Waals surface area contributed by atoms with Crippen LogP contribution in [0.3, 0.4) is 0 Å². The van der Waals surface area contributed by atoms with E-state index in [1.165, 1.54) is 30.6 Å². The summed E-state index contributed by atoms with van der Waals surface area (Å²) < 4.78 is 17.1. The Morgan fingerprint density at radius 3 is 2.70 bits per heavy atom. The molecule has 9 nitrogen and oxygen atoms in total. The average molecular weight is 465 g/mol. The van der Waals surface area contributed by atoms with Crippen molar-refractivity contribution in [2.24, 2.45) is 0 Å². The van der Waals surface area contributed by atoms with Gasteiger partial charge >= 0.3 is 12.1 Å². The maximum atomic E-state index is 12.3. The molecule has 2 heterocycles. The van der Waals surface area contributed by atoms with Gasteiger partial charge in [0.1, 0.15) is 17.4 Å². The molecule has 2 aromatic carbocycles. The number of anilines is 1. The van der Waals surface area contributed by atoms with Crippen molar-refractivity contribution in [2.75, 3.05) is 18.7 Å². The van der Waals surface area contributed by atoms with Crippen molar-refractivity contribution in [2.45, 2.75) is 13.5 Å². The van der Waals surface area contributed by atoms with Gasteiger partial charge in [-0.25, -0.2) is 24.5 Å². The average Bonchev–Trinajstić information content (AvgIpc) is 3.27. The molecule has 0 atom stereocenters. The number of aryl methyl sites for hydroxylation is 1. The second kappa shape index (κ2) is 10.0. The first-order valence-corrected chi connectivity index (χ1v) is 10.7. The molecule has 4 rings (SSSR count). The van der Waals surface area contributed by atoms with Crippen LogP contribution in [0.4, 0.5) is 10.5 Å². The lowest BCUT2D eigenvalue weighted by atomic mass is 10.2. The molecule has 0 aliphatic heterocycles. The van der Waals surface area contributed by atoms with Crippen LogP contribution in [-0.4, -0.2) is 40.9 Å². The molecule has 168 valence electrons. The van der Waals surface area contributed by atoms with E-state index >= 15 is 0 Å². The van der Waals surface area contributed by atoms with Crippen LogP contribution in [-0.2, 0) is 16.1 Å². The van der Waals surface area contributed by atoms with Crippen LogP contribution in [0.1, 0.15) is 21.1 Å². The zero-order valence-corrected chi connectivity index (χ0v) is 18.7. The van der Waals surface area contributed by atoms with Gasteiger partial charge in [0, 0.05) is 12.4 Å². The van der Waals surface area contributed by atoms with E-state index in [1.54, 1.807) is 29.5 Å². The number of fused-ring (bicyclic) bond motifs is 1. The highest BCUT2D eigenvalue weighted by Gasteiger charge is 2.21. The summed E-state index contributed by atoms with van der Waals surface area (Å²) in [5.74, 6) is -0.0812. The summed E-state index contributed by atoms with van der Waals surface area (Å²) in [4.78, 5) is 38.0. The summed E-state index contributed by atoms with van der Waals surface area (Å²) in [7, 11) is 1.25. The van der Waals surface area contributed by atoms with E-state index in [-0.39, 0.29) is 12.4 Å². The zero-order chi connectivity index (χ0) is 23.2. The number of benzene rings is 2. The summed E-state index contributed by atoms with van der Waals surface area (Å²) in [5.41, 5.74) is 2.23. The Morgan fingerprint density at radius 1 is 1.12 bits per heavy atom. The monoisotopic (exact) mass is 464 g/mol. The Hall–Kier alpha value is -4.05. The molecule has 0 fully saturated rings. The Balaban J connectivity index is 1.45. The van der Waals surface area contributed by atoms with Gasteiger partial charge in [-0.05, 0) is 42.8 Å². The van der Waals surface area contributed by atoms with E-state index < -0.39 is 12.1 Å². The van der Waals surface area contributed by atoms with Crippen molar-refractivity contribution in [3.05, 3.63) is 77.3 Å². The summed E-state index contributed by atoms with van der Waals surface area (Å²) >= 11 is 1.58. The summed E-state index contributed by atoms with van der Waals surface area (Å²) in [5, 5.41) is 0.866. The zero-order valence-electron chi connectivity index (χ0n) is 17.9. The minimum atomic E-state index is -0.703. The minimum Gasteiger partial charge on any atom is -0.486 e. The van der Waals surface area contributed by atoms with Gasteiger partial charge < -0.3 is 14.2 Å². The van der Waals surface area contributed by atoms with Gasteiger partial charge in [-0.15, -0.1) is 11.3 Å². The number of carbonyl (C=O) groups excluding carboxylic acids is 2. The molecule has 0 aliphatic rings. The molecule has 0 spiro atoms. The van der Waals surface area contributed by atoms with Crippen LogP contribution >= 0.6 is 11.3 Å². The number of hydrogen-bond donors (Lipinski definition) is 0. The molecular formula is C23H20N4O5S. The lowest BCUT2D eigenvalue weighted by Crippen LogP contribution is -2.34. The highest BCUT2D eigenvalue weighted by Crippen LogP contribution is 2.27. The number of thiazole rings is 1. The predicted octanol–water partition coefficient (Wildman–Crippen LogP) is 4.36. The summed E-state index contributed by atoms with van der Waals surface area (Å²) in [6.07, 6.45) is 3.44. The predicted molar refractivity (Wildman–Crippen MR) is 122 cm³/mol. The van der Waals surface area contributed by atoms with Crippen LogP contribution in [0.5, 0.6) is 5.75 Å². The van der Waals surface area contributed by atoms with Gasteiger partial charge in [0.25, 0.3) is 0 Å². The molecule has 1 amide bonds. The molecule has 0 saturated heterocycles. The van der Waals surface area contributed by atoms with Crippen molar-refractivity contribution in [1.82, 2.24) is 15.0 Å². The number of rotatable bonds is 7. The molecule has 0 N–H and O–H groups in total. The second-order valence-corrected chi connectivity index (χ2v) is 7.98. The maximum Gasteiger partial charge on any atom is 0.416 e. The highest BCUT2D eigenvalue weighted by molar-refractivity contribution is 7.18. The van der Waals surface area contributed by atoms with E-state index in [0.29, 0.717) is 18.0 Å². The van der Waals surface area contributed by atoms with Crippen molar-refractivity contribution in [3.8, 4) is 5.75 Å². The maximum absolute atomic E-state index is 12.3. The topological polar surface area (TPSA) is 104 Å². The lowest BCUT2D eigenvalue weighted by Gasteiger charge is -2.23. The van der Waals surface area contributed by atoms with Gasteiger partial charge in [0.05, 0.1) is 29.2 Å². The summed E-state index contributed by atoms with van der Waals surface area (Å²) in [6.45, 7) is 1.80. The van der Waals surface area contributed by atoms with E-state index in [4.69, 9.17) is 14.2 Å². The van der Waals surface area contributed by atoms with E-state index in [1.807, 2.05) is 31.2 Å². The van der Waals surface area contributed by atoms with Crippen molar-refractivity contribution in [1.29, 1.82) is 0 Å². The second-order valence-electron chi connectivity index (χ2n) is 6.86. The lowest BCUT2D eigenvalue weighted by molar-refractivity contribution is 0.0495. The molecule has 33 heavy (non-hydrogen) atoms. The fraction of sp³-hybridized carbons (Fsp3) is 0.174. The Kier molecular flexibility index (Phi) is 6.75. The number of nitrogens with zero attached hydrogens (tertiary/aromatic N) is 4. The first-order valence-electron chi connectivity index (χ1n) is 9.91. The SMILES string of the molecule is COC(=O)N(COC(=O)c1cnccn1)c1ccc(OCc2nc3ccccc3s2)cc1C. The van der Waals surface area contributed by atoms with Gasteiger partial charge in [-0.2, -0.15) is 0 Å². The molecular weight excluding hydrogens is 444 g/mol. The van der Waals surface area contributed by atoms with Crippen molar-refractivity contribution < 1.29 is 23.8 Å². The molecule has 0 saturated carbocycles. The quantitative estimate of drug-likeness (QED) is 0.294. The fourth-order valence-corrected chi connectivity index (χ4v) is 3.96. The van der Waals surface area contributed by atoms with Crippen LogP contribution in [0.25, 0.3) is 10.2 Å². The first kappa shape index (κ1) is 22.2. The van der Waals surface area contributed by atoms with Crippen molar-refractivity contribution >= 4 is 39.3 Å². The third kappa shape index (κ3) is 5.24. The molecule has 0 unspecified atom stereocenters. The Labute approximate surface area is 193 Å². The first-order chi connectivity index (χ1) is 16.0. The molecule has 4 aromatic rings. The van der Waals surface area contributed by atoms with Crippen LogP contribution in [0.2, 0.25) is 0 Å². The van der Waals surface area contributed by atoms with Crippen LogP contribution in [0.15, 0.2) is 61.1 Å². The summed E-state index contributed by atoms with van der Waals surface area (Å²) in [6, 6.07) is 13.1. The molecule has 2 aromatic heterocycles. The minimum absolute atomic E-state index is 0.0395. The van der Waals surface area contributed by atoms with Gasteiger partial charge in [-0.3, -0.25) is 4.98 Å². The number of para-hydroxylation sites is 1. The van der Waals surface area contributed by atoms with E-state index in [2.05, 4.69) is 15.0 Å². The number of ether oxygens (including phenoxy) is 3. The number of amides is 1. The van der Waals surface area contributed by atoms with Gasteiger partial charge in [0.15, 0.2) is 12.4 Å². The van der Waals surface area contributed by atoms with E-state index in [0.717, 1.165) is 20.8 Å². The van der Waals surface area contributed by atoms with Crippen LogP contribution in [0, 0.1) is 6.92 Å². The molecule has 10 heteroatoms. The largest absolute Gasteiger partial charge is 0.486 e. The Morgan fingerprint density at radius 2 is 1.97 bits per heavy atom. The molecule has 0 aliphatic carbocycles. The standard InChI is InChI=1S/C23H20N4O5S/c1-15-11-16(31-13-21-26-17-5-3-4-6-20(17)33-21)7-8-19(15)27(23(29)30-2)14-32-22(28)18-12-24-9-10-25-18/h3-12H,13-14H2,1-2H3. The molecule has 0 bridgehead atoms. The van der Waals surface area contributed by atoms with Gasteiger partial charge in [-0.1, -0.05) is 12.1 Å². The third-order valence-corrected chi connectivity index (χ3v) is 5.66. The number of methoxy groups -OCH3 is 1.